The van der Waals surface area contributed by atoms with Crippen LogP contribution in [0.2, 0.25) is 0 Å². The third kappa shape index (κ3) is 9.27. The number of hydrogen-bond donors (Lipinski definition) is 1. The van der Waals surface area contributed by atoms with Crippen molar-refractivity contribution in [3.05, 3.63) is 24.3 Å². The van der Waals surface area contributed by atoms with Crippen LogP contribution in [0.15, 0.2) is 24.3 Å². The number of rotatable bonds is 12. The summed E-state index contributed by atoms with van der Waals surface area (Å²) in [7, 11) is 1.44. The van der Waals surface area contributed by atoms with E-state index in [-0.39, 0.29) is 12.1 Å². The Balaban J connectivity index is 2.23. The molecule has 0 amide bonds. The van der Waals surface area contributed by atoms with Gasteiger partial charge in [0.15, 0.2) is 0 Å². The van der Waals surface area contributed by atoms with Crippen LogP contribution >= 0.6 is 0 Å². The van der Waals surface area contributed by atoms with Gasteiger partial charge in [-0.25, -0.2) is 0 Å². The molecule has 1 aliphatic rings. The Labute approximate surface area is 148 Å². The van der Waals surface area contributed by atoms with Gasteiger partial charge in [0, 0.05) is 6.42 Å². The maximum atomic E-state index is 11.0. The first kappa shape index (κ1) is 21.0. The first-order valence-electron chi connectivity index (χ1n) is 9.75. The van der Waals surface area contributed by atoms with Crippen molar-refractivity contribution in [2.45, 2.75) is 83.7 Å². The van der Waals surface area contributed by atoms with Crippen molar-refractivity contribution in [1.82, 2.24) is 0 Å². The Morgan fingerprint density at radius 2 is 2.08 bits per heavy atom. The Morgan fingerprint density at radius 1 is 1.25 bits per heavy atom. The van der Waals surface area contributed by atoms with Crippen LogP contribution < -0.4 is 0 Å². The summed E-state index contributed by atoms with van der Waals surface area (Å²) >= 11 is 0. The smallest absolute Gasteiger partial charge is 0.305 e. The van der Waals surface area contributed by atoms with Gasteiger partial charge in [0.05, 0.1) is 13.2 Å². The van der Waals surface area contributed by atoms with Crippen LogP contribution in [-0.4, -0.2) is 24.3 Å². The lowest BCUT2D eigenvalue weighted by Crippen LogP contribution is -2.07. The molecule has 3 atom stereocenters. The van der Waals surface area contributed by atoms with Crippen molar-refractivity contribution in [3.8, 4) is 0 Å². The van der Waals surface area contributed by atoms with E-state index >= 15 is 0 Å². The highest BCUT2D eigenvalue weighted by atomic mass is 16.5. The zero-order chi connectivity index (χ0) is 17.6. The lowest BCUT2D eigenvalue weighted by Gasteiger charge is -2.15. The molecule has 1 N–H and O–H groups in total. The Bertz CT molecular complexity index is 387. The highest BCUT2D eigenvalue weighted by Gasteiger charge is 2.23. The van der Waals surface area contributed by atoms with E-state index in [0.29, 0.717) is 18.3 Å². The van der Waals surface area contributed by atoms with Crippen LogP contribution in [0.25, 0.3) is 0 Å². The molecule has 3 heteroatoms. The van der Waals surface area contributed by atoms with Gasteiger partial charge in [0.1, 0.15) is 0 Å². The fourth-order valence-electron chi connectivity index (χ4n) is 3.44. The van der Waals surface area contributed by atoms with Gasteiger partial charge in [-0.1, -0.05) is 56.9 Å². The third-order valence-corrected chi connectivity index (χ3v) is 4.99. The summed E-state index contributed by atoms with van der Waals surface area (Å²) in [5, 5.41) is 10.0. The van der Waals surface area contributed by atoms with Gasteiger partial charge in [-0.05, 0) is 50.4 Å². The number of aliphatic hydroxyl groups excluding tert-OH is 1. The molecule has 0 saturated heterocycles. The number of methoxy groups -OCH3 is 1. The minimum atomic E-state index is -0.272. The minimum Gasteiger partial charge on any atom is -0.469 e. The molecule has 0 aromatic carbocycles. The number of unbranched alkanes of at least 4 members (excludes halogenated alkanes) is 3. The predicted molar refractivity (Wildman–Crippen MR) is 99.7 cm³/mol. The van der Waals surface area contributed by atoms with Crippen molar-refractivity contribution in [2.24, 2.45) is 11.8 Å². The minimum absolute atomic E-state index is 0.123. The molecule has 0 bridgehead atoms. The topological polar surface area (TPSA) is 46.5 Å². The second-order valence-electron chi connectivity index (χ2n) is 6.98. The zero-order valence-electron chi connectivity index (χ0n) is 15.6. The normalized spacial score (nSPS) is 22.5. The lowest BCUT2D eigenvalue weighted by molar-refractivity contribution is -0.140. The summed E-state index contributed by atoms with van der Waals surface area (Å²) in [5.41, 5.74) is 0. The molecule has 0 aliphatic heterocycles. The van der Waals surface area contributed by atoms with Gasteiger partial charge < -0.3 is 9.84 Å². The first-order chi connectivity index (χ1) is 11.7. The van der Waals surface area contributed by atoms with Crippen LogP contribution in [-0.2, 0) is 9.53 Å². The van der Waals surface area contributed by atoms with Crippen molar-refractivity contribution in [2.75, 3.05) is 7.11 Å². The number of ether oxygens (including phenoxy) is 1. The average Bonchev–Trinajstić information content (AvgIpc) is 3.03. The molecule has 1 aliphatic carbocycles. The monoisotopic (exact) mass is 336 g/mol. The summed E-state index contributed by atoms with van der Waals surface area (Å²) in [6, 6.07) is 0. The van der Waals surface area contributed by atoms with Crippen molar-refractivity contribution >= 4 is 5.97 Å². The fraction of sp³-hybridized carbons (Fsp3) is 0.762. The fourth-order valence-corrected chi connectivity index (χ4v) is 3.44. The highest BCUT2D eigenvalue weighted by molar-refractivity contribution is 5.69. The largest absolute Gasteiger partial charge is 0.469 e. The second kappa shape index (κ2) is 13.2. The summed E-state index contributed by atoms with van der Waals surface area (Å²) in [4.78, 5) is 11.0. The van der Waals surface area contributed by atoms with E-state index in [1.807, 2.05) is 6.08 Å². The van der Waals surface area contributed by atoms with E-state index in [4.69, 9.17) is 0 Å². The summed E-state index contributed by atoms with van der Waals surface area (Å²) in [5.74, 6) is 1.20. The molecule has 0 aromatic rings. The number of hydrogen-bond acceptors (Lipinski definition) is 3. The van der Waals surface area contributed by atoms with Crippen LogP contribution in [0.4, 0.5) is 0 Å². The van der Waals surface area contributed by atoms with E-state index in [1.165, 1.54) is 39.2 Å². The molecule has 24 heavy (non-hydrogen) atoms. The van der Waals surface area contributed by atoms with Gasteiger partial charge in [-0.15, -0.1) is 0 Å². The molecule has 1 saturated carbocycles. The van der Waals surface area contributed by atoms with Gasteiger partial charge in [0.2, 0.25) is 0 Å². The standard InChI is InChI=1S/C21H36O3/c1-3-4-7-14-20(22)17-16-19-13-10-12-18(19)11-8-5-6-9-15-21(23)24-2/h5,8,16-20,22H,3-4,6-7,9-15H2,1-2H3/b8-5-,17-16+/t18-,19-,20+/m1/s1. The Morgan fingerprint density at radius 3 is 2.83 bits per heavy atom. The maximum Gasteiger partial charge on any atom is 0.305 e. The van der Waals surface area contributed by atoms with Gasteiger partial charge >= 0.3 is 5.97 Å². The number of carbonyl (C=O) groups is 1. The summed E-state index contributed by atoms with van der Waals surface area (Å²) in [6.45, 7) is 2.19. The molecule has 1 rings (SSSR count). The van der Waals surface area contributed by atoms with Crippen LogP contribution in [0.5, 0.6) is 0 Å². The quantitative estimate of drug-likeness (QED) is 0.303. The molecule has 0 unspecified atom stereocenters. The Hall–Kier alpha value is -1.09. The van der Waals surface area contributed by atoms with E-state index in [1.54, 1.807) is 0 Å². The molecule has 3 nitrogen and oxygen atoms in total. The molecule has 0 aromatic heterocycles. The number of esters is 1. The highest BCUT2D eigenvalue weighted by Crippen LogP contribution is 2.35. The van der Waals surface area contributed by atoms with E-state index in [2.05, 4.69) is 29.9 Å². The zero-order valence-corrected chi connectivity index (χ0v) is 15.6. The average molecular weight is 337 g/mol. The molecule has 0 heterocycles. The third-order valence-electron chi connectivity index (χ3n) is 4.99. The van der Waals surface area contributed by atoms with Crippen molar-refractivity contribution < 1.29 is 14.6 Å². The Kier molecular flexibility index (Phi) is 11.5. The summed E-state index contributed by atoms with van der Waals surface area (Å²) < 4.78 is 4.64. The first-order valence-corrected chi connectivity index (χ1v) is 9.75. The summed E-state index contributed by atoms with van der Waals surface area (Å²) in [6.07, 6.45) is 20.1. The predicted octanol–water partition coefficient (Wildman–Crippen LogP) is 5.19. The molecule has 138 valence electrons. The molecular formula is C21H36O3. The van der Waals surface area contributed by atoms with Crippen LogP contribution in [0.3, 0.4) is 0 Å². The maximum absolute atomic E-state index is 11.0. The van der Waals surface area contributed by atoms with E-state index in [0.717, 1.165) is 32.1 Å². The molecule has 0 spiro atoms. The van der Waals surface area contributed by atoms with E-state index in [9.17, 15) is 9.90 Å². The SMILES string of the molecule is CCCCC[C@H](O)/C=C/[C@H]1CCC[C@H]1C/C=C\CCCC(=O)OC. The number of carbonyl (C=O) groups excluding carboxylic acids is 1. The van der Waals surface area contributed by atoms with Crippen molar-refractivity contribution in [3.63, 3.8) is 0 Å². The van der Waals surface area contributed by atoms with Crippen LogP contribution in [0, 0.1) is 11.8 Å². The van der Waals surface area contributed by atoms with Gasteiger partial charge in [0.25, 0.3) is 0 Å². The van der Waals surface area contributed by atoms with Gasteiger partial charge in [-0.2, -0.15) is 0 Å². The molecule has 0 radical (unpaired) electrons. The second-order valence-corrected chi connectivity index (χ2v) is 6.98. The van der Waals surface area contributed by atoms with E-state index < -0.39 is 0 Å². The molecular weight excluding hydrogens is 300 g/mol. The lowest BCUT2D eigenvalue weighted by atomic mass is 9.91. The number of aliphatic hydroxyl groups is 1. The van der Waals surface area contributed by atoms with Gasteiger partial charge in [-0.3, -0.25) is 4.79 Å². The molecule has 1 fully saturated rings. The van der Waals surface area contributed by atoms with Crippen molar-refractivity contribution in [1.29, 1.82) is 0 Å². The van der Waals surface area contributed by atoms with Crippen LogP contribution in [0.1, 0.15) is 77.6 Å². The number of allylic oxidation sites excluding steroid dienone is 3.